The van der Waals surface area contributed by atoms with Crippen molar-refractivity contribution >= 4 is 0 Å². The molecule has 1 saturated carbocycles. The van der Waals surface area contributed by atoms with Crippen molar-refractivity contribution in [1.29, 1.82) is 0 Å². The first-order valence-corrected chi connectivity index (χ1v) is 7.04. The van der Waals surface area contributed by atoms with Gasteiger partial charge < -0.3 is 4.90 Å². The Labute approximate surface area is 104 Å². The summed E-state index contributed by atoms with van der Waals surface area (Å²) in [6.07, 6.45) is 8.69. The molecule has 0 bridgehead atoms. The van der Waals surface area contributed by atoms with Crippen molar-refractivity contribution in [2.24, 2.45) is 0 Å². The van der Waals surface area contributed by atoms with Crippen LogP contribution in [0.1, 0.15) is 55.8 Å². The highest BCUT2D eigenvalue weighted by atomic mass is 15.3. The van der Waals surface area contributed by atoms with E-state index in [-0.39, 0.29) is 0 Å². The number of aromatic nitrogens is 2. The molecule has 1 aliphatic carbocycles. The van der Waals surface area contributed by atoms with Crippen LogP contribution in [0, 0.1) is 0 Å². The molecule has 3 rings (SSSR count). The average molecular weight is 233 g/mol. The molecule has 0 unspecified atom stereocenters. The summed E-state index contributed by atoms with van der Waals surface area (Å²) in [5.74, 6) is 0.789. The summed E-state index contributed by atoms with van der Waals surface area (Å²) in [6.45, 7) is 4.68. The molecular formula is C14H23N3. The largest absolute Gasteiger partial charge is 0.306 e. The highest BCUT2D eigenvalue weighted by Gasteiger charge is 2.30. The summed E-state index contributed by atoms with van der Waals surface area (Å²) in [4.78, 5) is 2.42. The molecule has 1 aliphatic heterocycles. The van der Waals surface area contributed by atoms with Gasteiger partial charge in [0.1, 0.15) is 0 Å². The zero-order chi connectivity index (χ0) is 11.8. The first-order valence-electron chi connectivity index (χ1n) is 7.04. The highest BCUT2D eigenvalue weighted by Crippen LogP contribution is 2.41. The van der Waals surface area contributed by atoms with Crippen molar-refractivity contribution in [2.75, 3.05) is 20.1 Å². The lowest BCUT2D eigenvalue weighted by atomic mass is 10.1. The Morgan fingerprint density at radius 2 is 1.94 bits per heavy atom. The van der Waals surface area contributed by atoms with E-state index in [4.69, 9.17) is 5.10 Å². The first kappa shape index (κ1) is 11.3. The molecular weight excluding hydrogens is 210 g/mol. The topological polar surface area (TPSA) is 21.1 Å². The van der Waals surface area contributed by atoms with Crippen molar-refractivity contribution in [3.05, 3.63) is 17.5 Å². The van der Waals surface area contributed by atoms with Gasteiger partial charge in [-0.3, -0.25) is 4.68 Å². The van der Waals surface area contributed by atoms with E-state index in [0.717, 1.165) is 12.3 Å². The molecule has 1 aromatic rings. The molecule has 3 nitrogen and oxygen atoms in total. The van der Waals surface area contributed by atoms with E-state index in [1.165, 1.54) is 50.0 Å². The number of piperidine rings is 1. The summed E-state index contributed by atoms with van der Waals surface area (Å²) in [6, 6.07) is 0.643. The summed E-state index contributed by atoms with van der Waals surface area (Å²) in [5.41, 5.74) is 2.90. The van der Waals surface area contributed by atoms with Gasteiger partial charge in [0.25, 0.3) is 0 Å². The van der Waals surface area contributed by atoms with Crippen molar-refractivity contribution in [1.82, 2.24) is 14.7 Å². The van der Waals surface area contributed by atoms with Crippen LogP contribution in [-0.2, 0) is 6.42 Å². The van der Waals surface area contributed by atoms with E-state index < -0.39 is 0 Å². The third-order valence-corrected chi connectivity index (χ3v) is 4.25. The van der Waals surface area contributed by atoms with Crippen LogP contribution in [0.4, 0.5) is 0 Å². The molecule has 17 heavy (non-hydrogen) atoms. The van der Waals surface area contributed by atoms with Crippen LogP contribution in [0.15, 0.2) is 6.20 Å². The van der Waals surface area contributed by atoms with Crippen LogP contribution in [0.25, 0.3) is 0 Å². The molecule has 3 heteroatoms. The molecule has 1 aromatic heterocycles. The fraction of sp³-hybridized carbons (Fsp3) is 0.786. The lowest BCUT2D eigenvalue weighted by Gasteiger charge is -2.29. The van der Waals surface area contributed by atoms with E-state index in [2.05, 4.69) is 29.7 Å². The van der Waals surface area contributed by atoms with Crippen LogP contribution < -0.4 is 0 Å². The number of nitrogens with zero attached hydrogens (tertiary/aromatic N) is 3. The smallest absolute Gasteiger partial charge is 0.0687 e. The number of likely N-dealkylation sites (tertiary alicyclic amines) is 1. The number of aryl methyl sites for hydroxylation is 1. The molecule has 0 aromatic carbocycles. The second-order valence-corrected chi connectivity index (χ2v) is 5.68. The normalized spacial score (nSPS) is 23.2. The Hall–Kier alpha value is -0.830. The van der Waals surface area contributed by atoms with E-state index in [0.29, 0.717) is 6.04 Å². The van der Waals surface area contributed by atoms with Gasteiger partial charge in [0.15, 0.2) is 0 Å². The van der Waals surface area contributed by atoms with Crippen LogP contribution in [-0.4, -0.2) is 34.8 Å². The van der Waals surface area contributed by atoms with Gasteiger partial charge >= 0.3 is 0 Å². The molecule has 0 spiro atoms. The van der Waals surface area contributed by atoms with Crippen LogP contribution >= 0.6 is 0 Å². The van der Waals surface area contributed by atoms with E-state index in [1.54, 1.807) is 0 Å². The minimum atomic E-state index is 0.643. The second-order valence-electron chi connectivity index (χ2n) is 5.68. The minimum absolute atomic E-state index is 0.643. The molecule has 0 atom stereocenters. The number of hydrogen-bond acceptors (Lipinski definition) is 2. The Balaban J connectivity index is 1.78. The Morgan fingerprint density at radius 3 is 2.53 bits per heavy atom. The van der Waals surface area contributed by atoms with E-state index in [1.807, 2.05) is 0 Å². The van der Waals surface area contributed by atoms with E-state index >= 15 is 0 Å². The molecule has 0 amide bonds. The van der Waals surface area contributed by atoms with Gasteiger partial charge in [0.05, 0.1) is 11.7 Å². The third kappa shape index (κ3) is 2.25. The summed E-state index contributed by atoms with van der Waals surface area (Å²) < 4.78 is 2.28. The molecule has 1 saturated heterocycles. The third-order valence-electron chi connectivity index (χ3n) is 4.25. The lowest BCUT2D eigenvalue weighted by molar-refractivity contribution is 0.212. The van der Waals surface area contributed by atoms with Crippen molar-refractivity contribution in [3.63, 3.8) is 0 Å². The van der Waals surface area contributed by atoms with E-state index in [9.17, 15) is 0 Å². The summed E-state index contributed by atoms with van der Waals surface area (Å²) >= 11 is 0. The van der Waals surface area contributed by atoms with Gasteiger partial charge in [-0.15, -0.1) is 0 Å². The fourth-order valence-corrected chi connectivity index (χ4v) is 2.86. The van der Waals surface area contributed by atoms with Crippen LogP contribution in [0.2, 0.25) is 0 Å². The zero-order valence-electron chi connectivity index (χ0n) is 11.0. The minimum Gasteiger partial charge on any atom is -0.306 e. The molecule has 0 N–H and O–H groups in total. The zero-order valence-corrected chi connectivity index (χ0v) is 11.0. The predicted molar refractivity (Wildman–Crippen MR) is 69.3 cm³/mol. The number of rotatable bonds is 3. The fourth-order valence-electron chi connectivity index (χ4n) is 2.86. The van der Waals surface area contributed by atoms with Crippen molar-refractivity contribution < 1.29 is 0 Å². The molecule has 2 heterocycles. The maximum Gasteiger partial charge on any atom is 0.0687 e. The van der Waals surface area contributed by atoms with Crippen LogP contribution in [0.5, 0.6) is 0 Å². The predicted octanol–water partition coefficient (Wildman–Crippen LogP) is 2.59. The highest BCUT2D eigenvalue weighted by molar-refractivity contribution is 5.25. The van der Waals surface area contributed by atoms with Crippen LogP contribution in [0.3, 0.4) is 0 Å². The maximum atomic E-state index is 4.89. The summed E-state index contributed by atoms with van der Waals surface area (Å²) in [5, 5.41) is 4.89. The monoisotopic (exact) mass is 233 g/mol. The molecule has 2 aliphatic rings. The maximum absolute atomic E-state index is 4.89. The van der Waals surface area contributed by atoms with Gasteiger partial charge in [-0.05, 0) is 57.8 Å². The summed E-state index contributed by atoms with van der Waals surface area (Å²) in [7, 11) is 2.21. The quantitative estimate of drug-likeness (QED) is 0.800. The van der Waals surface area contributed by atoms with Gasteiger partial charge in [0, 0.05) is 12.1 Å². The standard InChI is InChI=1S/C14H23N3/c1-3-11-10-17(15-14(11)12-4-5-12)13-6-8-16(2)9-7-13/h10,12-13H,3-9H2,1-2H3. The first-order chi connectivity index (χ1) is 8.28. The lowest BCUT2D eigenvalue weighted by Crippen LogP contribution is -2.31. The molecule has 0 radical (unpaired) electrons. The van der Waals surface area contributed by atoms with Crippen molar-refractivity contribution in [3.8, 4) is 0 Å². The van der Waals surface area contributed by atoms with Gasteiger partial charge in [-0.2, -0.15) is 5.10 Å². The Kier molecular flexibility index (Phi) is 2.95. The van der Waals surface area contributed by atoms with Gasteiger partial charge in [0.2, 0.25) is 0 Å². The molecule has 94 valence electrons. The SMILES string of the molecule is CCc1cn(C2CCN(C)CC2)nc1C1CC1. The Morgan fingerprint density at radius 1 is 1.24 bits per heavy atom. The molecule has 2 fully saturated rings. The second kappa shape index (κ2) is 4.45. The van der Waals surface area contributed by atoms with Crippen molar-refractivity contribution in [2.45, 2.75) is 51.0 Å². The van der Waals surface area contributed by atoms with Gasteiger partial charge in [-0.25, -0.2) is 0 Å². The number of hydrogen-bond donors (Lipinski definition) is 0. The Bertz CT molecular complexity index is 384. The van der Waals surface area contributed by atoms with Gasteiger partial charge in [-0.1, -0.05) is 6.92 Å². The average Bonchev–Trinajstić information content (AvgIpc) is 3.10.